The molecule has 1 N–H and O–H groups in total. The number of rotatable bonds is 2. The zero-order chi connectivity index (χ0) is 10.8. The van der Waals surface area contributed by atoms with Crippen molar-refractivity contribution in [2.24, 2.45) is 4.36 Å². The second kappa shape index (κ2) is 3.79. The molecule has 1 rings (SSSR count). The van der Waals surface area contributed by atoms with Crippen LogP contribution in [-0.2, 0) is 9.73 Å². The zero-order valence-electron chi connectivity index (χ0n) is 7.93. The molecule has 0 radical (unpaired) electrons. The van der Waals surface area contributed by atoms with Crippen LogP contribution < -0.4 is 0 Å². The highest BCUT2D eigenvalue weighted by Crippen LogP contribution is 2.13. The third-order valence-corrected chi connectivity index (χ3v) is 3.69. The highest BCUT2D eigenvalue weighted by Gasteiger charge is 2.08. The van der Waals surface area contributed by atoms with Crippen LogP contribution in [-0.4, -0.2) is 28.6 Å². The van der Waals surface area contributed by atoms with Crippen molar-refractivity contribution in [2.75, 3.05) is 13.3 Å². The molecule has 0 bridgehead atoms. The zero-order valence-corrected chi connectivity index (χ0v) is 8.75. The normalized spacial score (nSPS) is 14.4. The number of aromatic carboxylic acids is 1. The minimum absolute atomic E-state index is 0.126. The molecule has 1 atom stereocenters. The van der Waals surface area contributed by atoms with Crippen molar-refractivity contribution in [1.29, 1.82) is 0 Å². The molecule has 0 amide bonds. The Morgan fingerprint density at radius 1 is 1.50 bits per heavy atom. The van der Waals surface area contributed by atoms with E-state index in [4.69, 9.17) is 5.11 Å². The maximum atomic E-state index is 11.8. The van der Waals surface area contributed by atoms with Gasteiger partial charge in [-0.05, 0) is 18.2 Å². The van der Waals surface area contributed by atoms with Gasteiger partial charge in [-0.2, -0.15) is 0 Å². The predicted octanol–water partition coefficient (Wildman–Crippen LogP) is 1.47. The Bertz CT molecular complexity index is 473. The van der Waals surface area contributed by atoms with Gasteiger partial charge in [0, 0.05) is 18.2 Å². The molecule has 0 heterocycles. The van der Waals surface area contributed by atoms with Gasteiger partial charge in [-0.3, -0.25) is 0 Å². The Labute approximate surface area is 82.8 Å². The molecule has 0 spiro atoms. The molecule has 0 saturated heterocycles. The van der Waals surface area contributed by atoms with Crippen LogP contribution in [0.1, 0.15) is 10.4 Å². The van der Waals surface area contributed by atoms with Crippen molar-refractivity contribution in [2.45, 2.75) is 4.90 Å². The molecule has 0 aromatic heterocycles. The predicted molar refractivity (Wildman–Crippen MR) is 54.1 cm³/mol. The lowest BCUT2D eigenvalue weighted by Crippen LogP contribution is -2.01. The molecule has 1 aromatic rings. The van der Waals surface area contributed by atoms with E-state index in [1.54, 1.807) is 12.1 Å². The monoisotopic (exact) mass is 213 g/mol. The van der Waals surface area contributed by atoms with E-state index < -0.39 is 15.7 Å². The molecule has 5 heteroatoms. The summed E-state index contributed by atoms with van der Waals surface area (Å²) in [5.41, 5.74) is 0.126. The second-order valence-corrected chi connectivity index (χ2v) is 5.26. The van der Waals surface area contributed by atoms with Gasteiger partial charge in [-0.25, -0.2) is 13.4 Å². The van der Waals surface area contributed by atoms with Gasteiger partial charge in [0.15, 0.2) is 0 Å². The van der Waals surface area contributed by atoms with Crippen LogP contribution in [0, 0.1) is 0 Å². The van der Waals surface area contributed by atoms with E-state index in [2.05, 4.69) is 4.36 Å². The van der Waals surface area contributed by atoms with Gasteiger partial charge in [0.25, 0.3) is 0 Å². The van der Waals surface area contributed by atoms with Gasteiger partial charge in [0.2, 0.25) is 0 Å². The molecule has 1 unspecified atom stereocenters. The molecular weight excluding hydrogens is 202 g/mol. The summed E-state index contributed by atoms with van der Waals surface area (Å²) in [5, 5.41) is 8.72. The number of carbonyl (C=O) groups is 1. The quantitative estimate of drug-likeness (QED) is 0.809. The topological polar surface area (TPSA) is 66.7 Å². The lowest BCUT2D eigenvalue weighted by molar-refractivity contribution is 0.0696. The van der Waals surface area contributed by atoms with E-state index in [0.29, 0.717) is 4.90 Å². The van der Waals surface area contributed by atoms with E-state index in [9.17, 15) is 9.00 Å². The van der Waals surface area contributed by atoms with Crippen LogP contribution in [0.25, 0.3) is 0 Å². The van der Waals surface area contributed by atoms with Crippen molar-refractivity contribution >= 4 is 15.7 Å². The number of benzene rings is 1. The highest BCUT2D eigenvalue weighted by atomic mass is 32.2. The third kappa shape index (κ3) is 2.11. The smallest absolute Gasteiger partial charge is 0.335 e. The van der Waals surface area contributed by atoms with Crippen LogP contribution in [0.3, 0.4) is 0 Å². The summed E-state index contributed by atoms with van der Waals surface area (Å²) in [6.07, 6.45) is 1.48. The third-order valence-electron chi connectivity index (χ3n) is 1.87. The Morgan fingerprint density at radius 3 is 2.64 bits per heavy atom. The molecule has 0 saturated carbocycles. The maximum Gasteiger partial charge on any atom is 0.335 e. The van der Waals surface area contributed by atoms with Crippen LogP contribution in [0.5, 0.6) is 0 Å². The summed E-state index contributed by atoms with van der Waals surface area (Å²) in [5.74, 6) is -1.03. The number of hydrogen-bond donors (Lipinski definition) is 1. The van der Waals surface area contributed by atoms with Gasteiger partial charge in [-0.15, -0.1) is 0 Å². The first kappa shape index (κ1) is 10.7. The van der Waals surface area contributed by atoms with Gasteiger partial charge in [0.05, 0.1) is 15.3 Å². The van der Waals surface area contributed by atoms with Crippen molar-refractivity contribution in [3.8, 4) is 0 Å². The van der Waals surface area contributed by atoms with Crippen molar-refractivity contribution in [3.63, 3.8) is 0 Å². The minimum atomic E-state index is -2.44. The van der Waals surface area contributed by atoms with Crippen molar-refractivity contribution < 1.29 is 14.1 Å². The van der Waals surface area contributed by atoms with Gasteiger partial charge < -0.3 is 5.11 Å². The van der Waals surface area contributed by atoms with Crippen LogP contribution in [0.2, 0.25) is 0 Å². The van der Waals surface area contributed by atoms with Crippen molar-refractivity contribution in [1.82, 2.24) is 0 Å². The Hall–Kier alpha value is -1.36. The molecule has 4 nitrogen and oxygen atoms in total. The first-order chi connectivity index (χ1) is 6.47. The standard InChI is InChI=1S/C9H11NO3S/c1-10-14(2,13)8-5-3-4-7(6-8)9(11)12/h3-6H,1-2H3,(H,11,12). The summed E-state index contributed by atoms with van der Waals surface area (Å²) in [7, 11) is -0.988. The fourth-order valence-electron chi connectivity index (χ4n) is 0.970. The number of nitrogens with zero attached hydrogens (tertiary/aromatic N) is 1. The Balaban J connectivity index is 3.33. The van der Waals surface area contributed by atoms with E-state index in [1.165, 1.54) is 25.4 Å². The molecule has 0 aliphatic heterocycles. The van der Waals surface area contributed by atoms with Gasteiger partial charge in [0.1, 0.15) is 0 Å². The molecule has 1 aromatic carbocycles. The summed E-state index contributed by atoms with van der Waals surface area (Å²) in [6.45, 7) is 0. The van der Waals surface area contributed by atoms with Crippen LogP contribution in [0.4, 0.5) is 0 Å². The number of carboxylic acids is 1. The molecule has 0 aliphatic carbocycles. The number of carboxylic acid groups (broad SMARTS) is 1. The summed E-state index contributed by atoms with van der Waals surface area (Å²) in [6, 6.07) is 6.02. The average Bonchev–Trinajstić information content (AvgIpc) is 2.18. The van der Waals surface area contributed by atoms with E-state index >= 15 is 0 Å². The van der Waals surface area contributed by atoms with E-state index in [0.717, 1.165) is 0 Å². The lowest BCUT2D eigenvalue weighted by Gasteiger charge is -2.03. The maximum absolute atomic E-state index is 11.8. The lowest BCUT2D eigenvalue weighted by atomic mass is 10.2. The summed E-state index contributed by atoms with van der Waals surface area (Å²) >= 11 is 0. The summed E-state index contributed by atoms with van der Waals surface area (Å²) < 4.78 is 15.5. The molecule has 0 aliphatic rings. The molecule has 76 valence electrons. The molecule has 0 fully saturated rings. The molecular formula is C9H11NO3S. The fraction of sp³-hybridized carbons (Fsp3) is 0.222. The first-order valence-electron chi connectivity index (χ1n) is 3.91. The SMILES string of the molecule is CN=S(C)(=O)c1cccc(C(=O)O)c1. The highest BCUT2D eigenvalue weighted by molar-refractivity contribution is 7.93. The van der Waals surface area contributed by atoms with E-state index in [1.807, 2.05) is 0 Å². The van der Waals surface area contributed by atoms with Crippen LogP contribution in [0.15, 0.2) is 33.5 Å². The molecule has 14 heavy (non-hydrogen) atoms. The van der Waals surface area contributed by atoms with Gasteiger partial charge in [-0.1, -0.05) is 6.07 Å². The van der Waals surface area contributed by atoms with Crippen LogP contribution >= 0.6 is 0 Å². The first-order valence-corrected chi connectivity index (χ1v) is 5.83. The number of hydrogen-bond acceptors (Lipinski definition) is 3. The largest absolute Gasteiger partial charge is 0.478 e. The minimum Gasteiger partial charge on any atom is -0.478 e. The summed E-state index contributed by atoms with van der Waals surface area (Å²) in [4.78, 5) is 11.1. The van der Waals surface area contributed by atoms with E-state index in [-0.39, 0.29) is 5.56 Å². The fourth-order valence-corrected chi connectivity index (χ4v) is 1.86. The Morgan fingerprint density at radius 2 is 2.14 bits per heavy atom. The Kier molecular flexibility index (Phi) is 2.90. The average molecular weight is 213 g/mol. The van der Waals surface area contributed by atoms with Gasteiger partial charge >= 0.3 is 5.97 Å². The second-order valence-electron chi connectivity index (χ2n) is 2.82. The van der Waals surface area contributed by atoms with Crippen molar-refractivity contribution in [3.05, 3.63) is 29.8 Å².